The Balaban J connectivity index is 2.00. The monoisotopic (exact) mass is 348 g/mol. The molecule has 1 aromatic rings. The molecule has 0 saturated carbocycles. The molecule has 0 saturated heterocycles. The molecule has 25 heavy (non-hydrogen) atoms. The van der Waals surface area contributed by atoms with Crippen molar-refractivity contribution in [2.45, 2.75) is 25.9 Å². The van der Waals surface area contributed by atoms with E-state index in [0.29, 0.717) is 18.0 Å². The van der Waals surface area contributed by atoms with Crippen LogP contribution in [0.25, 0.3) is 0 Å². The number of rotatable bonds is 6. The minimum absolute atomic E-state index is 0.0466. The van der Waals surface area contributed by atoms with E-state index in [-0.39, 0.29) is 19.0 Å². The number of amides is 4. The topological polar surface area (TPSA) is 99.8 Å². The van der Waals surface area contributed by atoms with Crippen molar-refractivity contribution in [1.29, 1.82) is 0 Å². The van der Waals surface area contributed by atoms with Gasteiger partial charge in [-0.25, -0.2) is 4.79 Å². The summed E-state index contributed by atoms with van der Waals surface area (Å²) in [6.07, 6.45) is 1.09. The summed E-state index contributed by atoms with van der Waals surface area (Å²) in [5.74, 6) is -0.180. The lowest BCUT2D eigenvalue weighted by molar-refractivity contribution is -0.127. The molecule has 8 heteroatoms. The first-order chi connectivity index (χ1) is 12.0. The Kier molecular flexibility index (Phi) is 6.62. The maximum Gasteiger partial charge on any atom is 0.321 e. The van der Waals surface area contributed by atoms with E-state index in [9.17, 15) is 14.4 Å². The fraction of sp³-hybridized carbons (Fsp3) is 0.471. The molecule has 1 aliphatic rings. The summed E-state index contributed by atoms with van der Waals surface area (Å²) in [7, 11) is 1.53. The molecule has 0 unspecified atom stereocenters. The number of nitrogens with zero attached hydrogens (tertiary/aromatic N) is 1. The highest BCUT2D eigenvalue weighted by Gasteiger charge is 2.31. The Morgan fingerprint density at radius 3 is 2.76 bits per heavy atom. The lowest BCUT2D eigenvalue weighted by Gasteiger charge is -2.34. The summed E-state index contributed by atoms with van der Waals surface area (Å²) < 4.78 is 5.68. The number of hydrogen-bond donors (Lipinski definition) is 3. The van der Waals surface area contributed by atoms with Crippen molar-refractivity contribution in [3.8, 4) is 5.75 Å². The number of carbonyl (C=O) groups excluding carboxylic acids is 3. The summed E-state index contributed by atoms with van der Waals surface area (Å²) in [4.78, 5) is 37.5. The van der Waals surface area contributed by atoms with Crippen molar-refractivity contribution in [2.75, 3.05) is 31.6 Å². The lowest BCUT2D eigenvalue weighted by atomic mass is 10.1. The first-order valence-electron chi connectivity index (χ1n) is 8.35. The number of nitrogens with one attached hydrogen (secondary N) is 3. The van der Waals surface area contributed by atoms with Gasteiger partial charge in [0.15, 0.2) is 6.10 Å². The molecule has 0 aliphatic carbocycles. The molecule has 1 aliphatic heterocycles. The van der Waals surface area contributed by atoms with Gasteiger partial charge in [0.05, 0.1) is 18.8 Å². The van der Waals surface area contributed by atoms with Gasteiger partial charge in [-0.1, -0.05) is 25.5 Å². The van der Waals surface area contributed by atoms with Gasteiger partial charge in [-0.05, 0) is 18.6 Å². The summed E-state index contributed by atoms with van der Waals surface area (Å²) >= 11 is 0. The minimum Gasteiger partial charge on any atom is -0.477 e. The molecule has 8 nitrogen and oxygen atoms in total. The van der Waals surface area contributed by atoms with Crippen molar-refractivity contribution >= 4 is 23.5 Å². The minimum atomic E-state index is -0.717. The van der Waals surface area contributed by atoms with E-state index in [4.69, 9.17) is 4.74 Å². The molecule has 2 rings (SSSR count). The molecule has 4 amide bonds. The van der Waals surface area contributed by atoms with Gasteiger partial charge in [-0.3, -0.25) is 14.9 Å². The molecule has 0 radical (unpaired) electrons. The maximum atomic E-state index is 12.2. The number of imide groups is 1. The van der Waals surface area contributed by atoms with Gasteiger partial charge in [0.1, 0.15) is 5.75 Å². The van der Waals surface area contributed by atoms with Crippen LogP contribution in [0.1, 0.15) is 19.8 Å². The van der Waals surface area contributed by atoms with Crippen LogP contribution in [0.4, 0.5) is 10.5 Å². The molecule has 0 fully saturated rings. The van der Waals surface area contributed by atoms with Crippen LogP contribution in [0.3, 0.4) is 0 Å². The normalized spacial score (nSPS) is 15.6. The van der Waals surface area contributed by atoms with Gasteiger partial charge in [0.25, 0.3) is 5.91 Å². The van der Waals surface area contributed by atoms with Crippen molar-refractivity contribution < 1.29 is 19.1 Å². The van der Waals surface area contributed by atoms with Gasteiger partial charge in [0.2, 0.25) is 5.91 Å². The number of fused-ring (bicyclic) bond motifs is 1. The van der Waals surface area contributed by atoms with Crippen LogP contribution < -0.4 is 25.6 Å². The first kappa shape index (κ1) is 18.6. The predicted molar refractivity (Wildman–Crippen MR) is 93.6 cm³/mol. The van der Waals surface area contributed by atoms with E-state index >= 15 is 0 Å². The second-order valence-corrected chi connectivity index (χ2v) is 5.73. The van der Waals surface area contributed by atoms with Crippen LogP contribution >= 0.6 is 0 Å². The van der Waals surface area contributed by atoms with Gasteiger partial charge in [-0.2, -0.15) is 0 Å². The van der Waals surface area contributed by atoms with Crippen LogP contribution in [0, 0.1) is 0 Å². The average molecular weight is 348 g/mol. The van der Waals surface area contributed by atoms with Crippen LogP contribution in [-0.2, 0) is 9.59 Å². The third-order valence-corrected chi connectivity index (χ3v) is 3.80. The van der Waals surface area contributed by atoms with E-state index in [1.165, 1.54) is 7.05 Å². The SMILES string of the molecule is CCCCNC(=O)NC(=O)CN1C[C@H](C(=O)NC)Oc2ccccc21. The summed E-state index contributed by atoms with van der Waals surface area (Å²) in [5.41, 5.74) is 0.712. The third-order valence-electron chi connectivity index (χ3n) is 3.80. The quantitative estimate of drug-likeness (QED) is 0.655. The first-order valence-corrected chi connectivity index (χ1v) is 8.35. The van der Waals surface area contributed by atoms with Gasteiger partial charge >= 0.3 is 6.03 Å². The summed E-state index contributed by atoms with van der Waals surface area (Å²) in [6, 6.07) is 6.66. The number of hydrogen-bond acceptors (Lipinski definition) is 5. The highest BCUT2D eigenvalue weighted by Crippen LogP contribution is 2.32. The second-order valence-electron chi connectivity index (χ2n) is 5.73. The molecule has 1 atom stereocenters. The molecular formula is C17H24N4O4. The lowest BCUT2D eigenvalue weighted by Crippen LogP contribution is -2.51. The molecule has 0 bridgehead atoms. The third kappa shape index (κ3) is 5.10. The highest BCUT2D eigenvalue weighted by atomic mass is 16.5. The van der Waals surface area contributed by atoms with Crippen molar-refractivity contribution in [2.24, 2.45) is 0 Å². The molecule has 1 heterocycles. The van der Waals surface area contributed by atoms with E-state index < -0.39 is 18.0 Å². The van der Waals surface area contributed by atoms with E-state index in [1.54, 1.807) is 17.0 Å². The fourth-order valence-electron chi connectivity index (χ4n) is 2.52. The largest absolute Gasteiger partial charge is 0.477 e. The smallest absolute Gasteiger partial charge is 0.321 e. The molecule has 3 N–H and O–H groups in total. The van der Waals surface area contributed by atoms with Gasteiger partial charge < -0.3 is 20.3 Å². The van der Waals surface area contributed by atoms with E-state index in [2.05, 4.69) is 16.0 Å². The zero-order valence-electron chi connectivity index (χ0n) is 14.5. The molecule has 0 spiro atoms. The predicted octanol–water partition coefficient (Wildman–Crippen LogP) is 0.626. The van der Waals surface area contributed by atoms with Crippen LogP contribution in [0.2, 0.25) is 0 Å². The zero-order chi connectivity index (χ0) is 18.2. The van der Waals surface area contributed by atoms with Gasteiger partial charge in [0, 0.05) is 13.6 Å². The Bertz CT molecular complexity index is 635. The Morgan fingerprint density at radius 2 is 2.04 bits per heavy atom. The Hall–Kier alpha value is -2.77. The molecule has 0 aromatic heterocycles. The standard InChI is InChI=1S/C17H24N4O4/c1-3-4-9-19-17(24)20-15(22)11-21-10-14(16(23)18-2)25-13-8-6-5-7-12(13)21/h5-8,14H,3-4,9-11H2,1-2H3,(H,18,23)(H2,19,20,22,24)/t14-/m1/s1. The number of carbonyl (C=O) groups is 3. The van der Waals surface area contributed by atoms with Crippen molar-refractivity contribution in [1.82, 2.24) is 16.0 Å². The van der Waals surface area contributed by atoms with Crippen molar-refractivity contribution in [3.05, 3.63) is 24.3 Å². The fourth-order valence-corrected chi connectivity index (χ4v) is 2.52. The second kappa shape index (κ2) is 8.91. The zero-order valence-corrected chi connectivity index (χ0v) is 14.5. The molecule has 1 aromatic carbocycles. The number of benzene rings is 1. The summed E-state index contributed by atoms with van der Waals surface area (Å²) in [5, 5.41) is 7.48. The highest BCUT2D eigenvalue weighted by molar-refractivity contribution is 5.96. The van der Waals surface area contributed by atoms with E-state index in [0.717, 1.165) is 12.8 Å². The molecular weight excluding hydrogens is 324 g/mol. The number of para-hydroxylation sites is 2. The van der Waals surface area contributed by atoms with E-state index in [1.807, 2.05) is 19.1 Å². The number of ether oxygens (including phenoxy) is 1. The Labute approximate surface area is 146 Å². The summed E-state index contributed by atoms with van der Waals surface area (Å²) in [6.45, 7) is 2.72. The van der Waals surface area contributed by atoms with Crippen LogP contribution in [0.5, 0.6) is 5.75 Å². The van der Waals surface area contributed by atoms with Gasteiger partial charge in [-0.15, -0.1) is 0 Å². The number of likely N-dealkylation sites (N-methyl/N-ethyl adjacent to an activating group) is 1. The maximum absolute atomic E-state index is 12.2. The average Bonchev–Trinajstić information content (AvgIpc) is 2.61. The van der Waals surface area contributed by atoms with Crippen LogP contribution in [0.15, 0.2) is 24.3 Å². The number of urea groups is 1. The molecule has 136 valence electrons. The Morgan fingerprint density at radius 1 is 1.28 bits per heavy atom. The number of anilines is 1. The van der Waals surface area contributed by atoms with Crippen LogP contribution in [-0.4, -0.2) is 50.6 Å². The van der Waals surface area contributed by atoms with Crippen molar-refractivity contribution in [3.63, 3.8) is 0 Å². The number of unbranched alkanes of at least 4 members (excludes halogenated alkanes) is 1.